The summed E-state index contributed by atoms with van der Waals surface area (Å²) in [5.41, 5.74) is 1.10. The maximum absolute atomic E-state index is 14.9. The summed E-state index contributed by atoms with van der Waals surface area (Å²) in [5, 5.41) is 14.7. The van der Waals surface area contributed by atoms with Gasteiger partial charge >= 0.3 is 5.97 Å². The van der Waals surface area contributed by atoms with Crippen molar-refractivity contribution in [2.75, 3.05) is 0 Å². The fourth-order valence-corrected chi connectivity index (χ4v) is 4.01. The Kier molecular flexibility index (Phi) is 8.76. The number of hydrogen-bond acceptors (Lipinski definition) is 3. The van der Waals surface area contributed by atoms with Gasteiger partial charge in [-0.3, -0.25) is 14.4 Å². The predicted molar refractivity (Wildman–Crippen MR) is 137 cm³/mol. The first-order valence-corrected chi connectivity index (χ1v) is 11.9. The SMILES string of the molecule is C[C@@H](C[C@H](NC(=O)c1ccc(-c2ccccc2)cc1F)C(=O)NC(C)(C)Cc1ccc(F)cc1)C(=O)O. The summed E-state index contributed by atoms with van der Waals surface area (Å²) in [7, 11) is 0. The zero-order valence-electron chi connectivity index (χ0n) is 20.9. The zero-order valence-corrected chi connectivity index (χ0v) is 20.9. The Morgan fingerprint density at radius 3 is 2.16 bits per heavy atom. The van der Waals surface area contributed by atoms with Crippen LogP contribution in [0.2, 0.25) is 0 Å². The lowest BCUT2D eigenvalue weighted by Crippen LogP contribution is -2.54. The molecule has 3 rings (SSSR count). The summed E-state index contributed by atoms with van der Waals surface area (Å²) in [5.74, 6) is -4.64. The highest BCUT2D eigenvalue weighted by atomic mass is 19.1. The number of amides is 2. The van der Waals surface area contributed by atoms with Crippen LogP contribution in [0.5, 0.6) is 0 Å². The van der Waals surface area contributed by atoms with Crippen molar-refractivity contribution in [2.24, 2.45) is 5.92 Å². The Hall–Kier alpha value is -4.07. The number of aliphatic carboxylic acids is 1. The average Bonchev–Trinajstić information content (AvgIpc) is 2.84. The van der Waals surface area contributed by atoms with Crippen molar-refractivity contribution in [3.63, 3.8) is 0 Å². The molecular formula is C29H30F2N2O4. The topological polar surface area (TPSA) is 95.5 Å². The second kappa shape index (κ2) is 11.8. The van der Waals surface area contributed by atoms with Crippen LogP contribution in [0.1, 0.15) is 43.1 Å². The molecule has 8 heteroatoms. The smallest absolute Gasteiger partial charge is 0.306 e. The lowest BCUT2D eigenvalue weighted by molar-refractivity contribution is -0.141. The van der Waals surface area contributed by atoms with Gasteiger partial charge in [0.05, 0.1) is 11.5 Å². The molecule has 0 radical (unpaired) electrons. The summed E-state index contributed by atoms with van der Waals surface area (Å²) in [6.45, 7) is 4.94. The first kappa shape index (κ1) is 27.5. The molecule has 0 saturated carbocycles. The van der Waals surface area contributed by atoms with Crippen LogP contribution in [0, 0.1) is 17.6 Å². The molecule has 0 saturated heterocycles. The van der Waals surface area contributed by atoms with E-state index in [1.54, 1.807) is 32.0 Å². The molecule has 0 unspecified atom stereocenters. The van der Waals surface area contributed by atoms with E-state index in [4.69, 9.17) is 0 Å². The molecule has 0 aliphatic carbocycles. The Morgan fingerprint density at radius 1 is 0.919 bits per heavy atom. The van der Waals surface area contributed by atoms with Crippen molar-refractivity contribution >= 4 is 17.8 Å². The second-order valence-corrected chi connectivity index (χ2v) is 9.74. The van der Waals surface area contributed by atoms with Crippen molar-refractivity contribution in [3.8, 4) is 11.1 Å². The van der Waals surface area contributed by atoms with E-state index in [-0.39, 0.29) is 17.8 Å². The van der Waals surface area contributed by atoms with Gasteiger partial charge in [0.15, 0.2) is 0 Å². The molecule has 2 amide bonds. The van der Waals surface area contributed by atoms with Crippen LogP contribution in [-0.2, 0) is 16.0 Å². The number of benzene rings is 3. The van der Waals surface area contributed by atoms with Crippen LogP contribution >= 0.6 is 0 Å². The molecular weight excluding hydrogens is 478 g/mol. The van der Waals surface area contributed by atoms with Gasteiger partial charge < -0.3 is 15.7 Å². The Labute approximate surface area is 214 Å². The average molecular weight is 509 g/mol. The van der Waals surface area contributed by atoms with E-state index in [1.165, 1.54) is 31.2 Å². The highest BCUT2D eigenvalue weighted by Gasteiger charge is 2.31. The molecule has 0 aliphatic rings. The number of carboxylic acids is 1. The number of carbonyl (C=O) groups is 3. The molecule has 2 atom stereocenters. The molecule has 0 aromatic heterocycles. The van der Waals surface area contributed by atoms with E-state index in [2.05, 4.69) is 10.6 Å². The second-order valence-electron chi connectivity index (χ2n) is 9.74. The summed E-state index contributed by atoms with van der Waals surface area (Å²) in [6, 6.07) is 17.9. The third-order valence-corrected chi connectivity index (χ3v) is 5.97. The summed E-state index contributed by atoms with van der Waals surface area (Å²) in [4.78, 5) is 37.6. The number of carbonyl (C=O) groups excluding carboxylic acids is 2. The first-order valence-electron chi connectivity index (χ1n) is 11.9. The van der Waals surface area contributed by atoms with Crippen molar-refractivity contribution in [3.05, 3.63) is 95.6 Å². The van der Waals surface area contributed by atoms with Crippen molar-refractivity contribution in [2.45, 2.75) is 45.2 Å². The number of nitrogens with one attached hydrogen (secondary N) is 2. The quantitative estimate of drug-likeness (QED) is 0.360. The number of hydrogen-bond donors (Lipinski definition) is 3. The Balaban J connectivity index is 1.77. The van der Waals surface area contributed by atoms with Crippen molar-refractivity contribution in [1.82, 2.24) is 10.6 Å². The zero-order chi connectivity index (χ0) is 27.2. The molecule has 0 heterocycles. The molecule has 6 nitrogen and oxygen atoms in total. The molecule has 3 aromatic rings. The van der Waals surface area contributed by atoms with E-state index < -0.39 is 41.1 Å². The van der Waals surface area contributed by atoms with Crippen LogP contribution in [-0.4, -0.2) is 34.5 Å². The third kappa shape index (κ3) is 7.70. The minimum absolute atomic E-state index is 0.191. The lowest BCUT2D eigenvalue weighted by atomic mass is 9.93. The van der Waals surface area contributed by atoms with E-state index in [0.29, 0.717) is 12.0 Å². The van der Waals surface area contributed by atoms with Gasteiger partial charge in [-0.1, -0.05) is 55.5 Å². The van der Waals surface area contributed by atoms with Crippen LogP contribution in [0.4, 0.5) is 8.78 Å². The summed E-state index contributed by atoms with van der Waals surface area (Å²) < 4.78 is 28.1. The highest BCUT2D eigenvalue weighted by molar-refractivity contribution is 5.98. The van der Waals surface area contributed by atoms with Crippen molar-refractivity contribution < 1.29 is 28.3 Å². The monoisotopic (exact) mass is 508 g/mol. The lowest BCUT2D eigenvalue weighted by Gasteiger charge is -2.30. The molecule has 0 aliphatic heterocycles. The van der Waals surface area contributed by atoms with E-state index in [0.717, 1.165) is 11.1 Å². The summed E-state index contributed by atoms with van der Waals surface area (Å²) in [6.07, 6.45) is 0.174. The maximum atomic E-state index is 14.9. The van der Waals surface area contributed by atoms with Gasteiger partial charge in [0.25, 0.3) is 5.91 Å². The van der Waals surface area contributed by atoms with Crippen LogP contribution < -0.4 is 10.6 Å². The van der Waals surface area contributed by atoms with Gasteiger partial charge in [-0.05, 0) is 67.6 Å². The van der Waals surface area contributed by atoms with Crippen LogP contribution in [0.25, 0.3) is 11.1 Å². The highest BCUT2D eigenvalue weighted by Crippen LogP contribution is 2.22. The van der Waals surface area contributed by atoms with Gasteiger partial charge in [-0.25, -0.2) is 8.78 Å². The number of halogens is 2. The normalized spacial score (nSPS) is 12.9. The van der Waals surface area contributed by atoms with E-state index in [1.807, 2.05) is 30.3 Å². The van der Waals surface area contributed by atoms with Gasteiger partial charge in [0, 0.05) is 5.54 Å². The van der Waals surface area contributed by atoms with Crippen molar-refractivity contribution in [1.29, 1.82) is 0 Å². The van der Waals surface area contributed by atoms with E-state index in [9.17, 15) is 28.3 Å². The van der Waals surface area contributed by atoms with Gasteiger partial charge in [0.2, 0.25) is 5.91 Å². The predicted octanol–water partition coefficient (Wildman–Crippen LogP) is 4.98. The molecule has 0 fully saturated rings. The first-order chi connectivity index (χ1) is 17.4. The third-order valence-electron chi connectivity index (χ3n) is 5.97. The summed E-state index contributed by atoms with van der Waals surface area (Å²) >= 11 is 0. The minimum Gasteiger partial charge on any atom is -0.481 e. The molecule has 194 valence electrons. The van der Waals surface area contributed by atoms with Gasteiger partial charge in [-0.15, -0.1) is 0 Å². The molecule has 3 aromatic carbocycles. The fraction of sp³-hybridized carbons (Fsp3) is 0.276. The van der Waals surface area contributed by atoms with Crippen LogP contribution in [0.3, 0.4) is 0 Å². The molecule has 3 N–H and O–H groups in total. The minimum atomic E-state index is -1.22. The maximum Gasteiger partial charge on any atom is 0.306 e. The Bertz CT molecular complexity index is 1260. The molecule has 37 heavy (non-hydrogen) atoms. The van der Waals surface area contributed by atoms with E-state index >= 15 is 0 Å². The Morgan fingerprint density at radius 2 is 1.57 bits per heavy atom. The molecule has 0 bridgehead atoms. The molecule has 0 spiro atoms. The van der Waals surface area contributed by atoms with Crippen LogP contribution in [0.15, 0.2) is 72.8 Å². The largest absolute Gasteiger partial charge is 0.481 e. The van der Waals surface area contributed by atoms with Gasteiger partial charge in [0.1, 0.15) is 17.7 Å². The van der Waals surface area contributed by atoms with Gasteiger partial charge in [-0.2, -0.15) is 0 Å². The fourth-order valence-electron chi connectivity index (χ4n) is 4.01. The number of rotatable bonds is 10. The number of carboxylic acid groups (broad SMARTS) is 1. The standard InChI is InChI=1S/C29H30F2N2O4/c1-18(28(36)37)15-25(27(35)33-29(2,3)17-19-9-12-22(30)13-10-19)32-26(34)23-14-11-21(16-24(23)31)20-7-5-4-6-8-20/h4-14,16,18,25H,15,17H2,1-3H3,(H,32,34)(H,33,35)(H,36,37)/t18-,25-/m0/s1.